The number of likely N-dealkylation sites (tertiary alicyclic amines) is 1. The lowest BCUT2D eigenvalue weighted by molar-refractivity contribution is -0.176. The Kier molecular flexibility index (Phi) is 30.0. The Labute approximate surface area is 452 Å². The number of nitrogens with one attached hydrogen (secondary N) is 1. The summed E-state index contributed by atoms with van der Waals surface area (Å²) in [6, 6.07) is 21.4. The molecular weight excluding hydrogens is 994 g/mol. The van der Waals surface area contributed by atoms with E-state index in [1.54, 1.807) is 4.90 Å². The van der Waals surface area contributed by atoms with Crippen LogP contribution < -0.4 is 25.6 Å². The number of unbranched alkanes of at least 4 members (excludes halogenated alkanes) is 2. The Bertz CT molecular complexity index is 2660. The van der Waals surface area contributed by atoms with E-state index in [0.29, 0.717) is 40.9 Å². The van der Waals surface area contributed by atoms with Crippen LogP contribution in [0.3, 0.4) is 0 Å². The van der Waals surface area contributed by atoms with Gasteiger partial charge in [-0.15, -0.1) is 17.9 Å². The van der Waals surface area contributed by atoms with Crippen molar-refractivity contribution in [3.05, 3.63) is 118 Å². The molecule has 0 saturated carbocycles. The number of nitrogens with two attached hydrogens (primary N) is 1. The summed E-state index contributed by atoms with van der Waals surface area (Å²) in [5.74, 6) is 0.798. The fraction of sp³-hybridized carbons (Fsp3) is 0.421. The van der Waals surface area contributed by atoms with Crippen molar-refractivity contribution in [2.24, 2.45) is 5.73 Å². The van der Waals surface area contributed by atoms with Crippen molar-refractivity contribution in [1.82, 2.24) is 14.3 Å². The Morgan fingerprint density at radius 2 is 1.64 bits per heavy atom. The molecule has 0 radical (unpaired) electrons. The molecule has 2 saturated heterocycles. The minimum absolute atomic E-state index is 0.135. The summed E-state index contributed by atoms with van der Waals surface area (Å²) in [6.45, 7) is 15.3. The third kappa shape index (κ3) is 18.1. The molecule has 16 nitrogen and oxygen atoms in total. The fourth-order valence-electron chi connectivity index (χ4n) is 9.02. The second kappa shape index (κ2) is 34.5. The van der Waals surface area contributed by atoms with Gasteiger partial charge in [0.1, 0.15) is 28.4 Å². The second-order valence-electron chi connectivity index (χ2n) is 18.0. The van der Waals surface area contributed by atoms with Crippen molar-refractivity contribution in [2.75, 3.05) is 76.7 Å². The van der Waals surface area contributed by atoms with Gasteiger partial charge in [-0.25, -0.2) is 4.98 Å². The molecular formula is C57H80ClN7O9S. The van der Waals surface area contributed by atoms with Gasteiger partial charge in [-0.2, -0.15) is 0 Å². The number of fused-ring (bicyclic) bond motifs is 2. The highest BCUT2D eigenvalue weighted by molar-refractivity contribution is 7.18. The van der Waals surface area contributed by atoms with Gasteiger partial charge in [0.2, 0.25) is 6.41 Å². The number of aliphatic hydroxyl groups is 2. The largest absolute Gasteiger partial charge is 0.483 e. The molecule has 1 unspecified atom stereocenters. The molecule has 1 atom stereocenters. The van der Waals surface area contributed by atoms with Crippen LogP contribution in [0.15, 0.2) is 91.9 Å². The lowest BCUT2D eigenvalue weighted by Gasteiger charge is -2.44. The van der Waals surface area contributed by atoms with Crippen LogP contribution in [0.25, 0.3) is 26.9 Å². The summed E-state index contributed by atoms with van der Waals surface area (Å²) in [4.78, 5) is 55.4. The summed E-state index contributed by atoms with van der Waals surface area (Å²) < 4.78 is 7.51. The topological polar surface area (TPSA) is 223 Å². The van der Waals surface area contributed by atoms with E-state index in [-0.39, 0.29) is 17.9 Å². The number of benzene rings is 3. The zero-order valence-electron chi connectivity index (χ0n) is 45.2. The summed E-state index contributed by atoms with van der Waals surface area (Å²) in [6.07, 6.45) is 19.3. The number of halogens is 1. The van der Waals surface area contributed by atoms with E-state index in [9.17, 15) is 19.2 Å². The number of nitrogens with zero attached hydrogens (tertiary/aromatic N) is 5. The van der Waals surface area contributed by atoms with Gasteiger partial charge in [-0.3, -0.25) is 24.9 Å². The maximum atomic E-state index is 11.4. The van der Waals surface area contributed by atoms with Crippen LogP contribution in [0.5, 0.6) is 5.75 Å². The van der Waals surface area contributed by atoms with Crippen LogP contribution in [-0.2, 0) is 20.8 Å². The predicted octanol–water partition coefficient (Wildman–Crippen LogP) is 10.4. The van der Waals surface area contributed by atoms with E-state index in [1.165, 1.54) is 51.5 Å². The number of ether oxygens (including phenoxy) is 1. The number of anilines is 3. The van der Waals surface area contributed by atoms with Gasteiger partial charge in [0, 0.05) is 94.6 Å². The summed E-state index contributed by atoms with van der Waals surface area (Å²) in [5.41, 5.74) is 13.7. The average molecular weight is 1070 g/mol. The van der Waals surface area contributed by atoms with Crippen molar-refractivity contribution < 1.29 is 44.6 Å². The third-order valence-corrected chi connectivity index (χ3v) is 14.7. The number of aldehydes is 3. The molecule has 3 aromatic heterocycles. The Morgan fingerprint density at radius 1 is 0.947 bits per heavy atom. The highest BCUT2D eigenvalue weighted by atomic mass is 35.5. The number of aliphatic hydroxyl groups excluding tert-OH is 2. The quantitative estimate of drug-likeness (QED) is 0.0175. The van der Waals surface area contributed by atoms with Gasteiger partial charge < -0.3 is 49.9 Å². The van der Waals surface area contributed by atoms with Crippen LogP contribution >= 0.6 is 22.9 Å². The molecule has 1 amide bonds. The SMILES string of the molecule is C=CCCCC=O.CCc1cnc2cc(N3CCC(c4ccc(N(C)C=O)c5c(C)cccc45)CC3)cn2c1.CN.CN1CCC(Nc2cccc(-c3sc(C=O)c(OCC=O)c3Cl)c2)CC1(C)C.CO.CO.OO. The minimum atomic E-state index is -0.135. The molecule has 2 aliphatic rings. The molecule has 3 aromatic carbocycles. The van der Waals surface area contributed by atoms with E-state index in [2.05, 4.69) is 120 Å². The minimum Gasteiger partial charge on any atom is -0.483 e. The Hall–Kier alpha value is -6.02. The molecule has 75 heavy (non-hydrogen) atoms. The Balaban J connectivity index is 0.000000410. The molecule has 6 aromatic rings. The first-order valence-electron chi connectivity index (χ1n) is 24.9. The zero-order valence-corrected chi connectivity index (χ0v) is 46.7. The molecule has 410 valence electrons. The third-order valence-electron chi connectivity index (χ3n) is 13.0. The van der Waals surface area contributed by atoms with E-state index < -0.39 is 0 Å². The van der Waals surface area contributed by atoms with Gasteiger partial charge in [-0.1, -0.05) is 61.0 Å². The van der Waals surface area contributed by atoms with E-state index in [4.69, 9.17) is 37.1 Å². The number of carbonyl (C=O) groups is 4. The molecule has 0 spiro atoms. The molecule has 7 N–H and O–H groups in total. The van der Waals surface area contributed by atoms with Gasteiger partial charge in [-0.05, 0) is 132 Å². The molecule has 2 aliphatic heterocycles. The predicted molar refractivity (Wildman–Crippen MR) is 309 cm³/mol. The van der Waals surface area contributed by atoms with Crippen LogP contribution in [0.2, 0.25) is 5.02 Å². The number of hydrogen-bond donors (Lipinski definition) is 6. The van der Waals surface area contributed by atoms with Gasteiger partial charge in [0.15, 0.2) is 18.3 Å². The first-order valence-corrected chi connectivity index (χ1v) is 26.1. The number of hydrogen-bond acceptors (Lipinski definition) is 15. The van der Waals surface area contributed by atoms with Crippen LogP contribution in [0, 0.1) is 6.92 Å². The molecule has 18 heteroatoms. The summed E-state index contributed by atoms with van der Waals surface area (Å²) in [5, 5.41) is 32.5. The second-order valence-corrected chi connectivity index (χ2v) is 19.4. The van der Waals surface area contributed by atoms with Crippen LogP contribution in [0.4, 0.5) is 17.1 Å². The maximum absolute atomic E-state index is 11.4. The summed E-state index contributed by atoms with van der Waals surface area (Å²) in [7, 11) is 7.50. The normalized spacial score (nSPS) is 14.6. The zero-order chi connectivity index (χ0) is 56.1. The lowest BCUT2D eigenvalue weighted by Crippen LogP contribution is -2.50. The van der Waals surface area contributed by atoms with Gasteiger partial charge in [0.25, 0.3) is 0 Å². The number of allylic oxidation sites excluding steroid dienone is 1. The van der Waals surface area contributed by atoms with Crippen LogP contribution in [-0.4, -0.2) is 133 Å². The number of carbonyl (C=O) groups excluding carboxylic acids is 4. The van der Waals surface area contributed by atoms with Crippen molar-refractivity contribution >= 4 is 81.7 Å². The fourth-order valence-corrected chi connectivity index (χ4v) is 10.4. The first-order chi connectivity index (χ1) is 36.3. The van der Waals surface area contributed by atoms with E-state index in [1.807, 2.05) is 43.6 Å². The smallest absolute Gasteiger partial charge is 0.213 e. The molecule has 8 rings (SSSR count). The standard InChI is InChI=1S/C27H30N4O.C21H25ClN2O3S.C6H10O.CH5N.2CH4O.H2O2/c1-4-20-15-28-26-14-22(17-31(26)16-20)30-12-10-21(11-13-30)23-8-9-25(29(3)18-32)27-19(2)6-5-7-24(23)27;1-21(2)12-16(7-8-24(21)3)23-15-6-4-5-14(11-15)20-18(22)19(27-10-9-25)17(13-26)28-20;1-2-3-4-5-6-7;4*1-2/h5-9,14-18,21H,4,10-13H2,1-3H3;4-6,9,11,13,16,23H,7-8,10,12H2,1-3H3;2,6H,1,3-5H2;2H2,1H3;2*2H,1H3;1-2H. The first kappa shape index (κ1) is 65.1. The van der Waals surface area contributed by atoms with Crippen molar-refractivity contribution in [3.63, 3.8) is 0 Å². The van der Waals surface area contributed by atoms with Crippen LogP contribution in [0.1, 0.15) is 98.0 Å². The highest BCUT2D eigenvalue weighted by Gasteiger charge is 2.32. The summed E-state index contributed by atoms with van der Waals surface area (Å²) >= 11 is 7.73. The molecule has 5 heterocycles. The number of aryl methyl sites for hydroxylation is 2. The Morgan fingerprint density at radius 3 is 2.25 bits per heavy atom. The number of amides is 1. The van der Waals surface area contributed by atoms with Crippen molar-refractivity contribution in [2.45, 2.75) is 96.6 Å². The van der Waals surface area contributed by atoms with Crippen molar-refractivity contribution in [3.8, 4) is 16.2 Å². The molecule has 2 fully saturated rings. The number of aromatic nitrogens is 2. The monoisotopic (exact) mass is 1070 g/mol. The maximum Gasteiger partial charge on any atom is 0.213 e. The number of thiophene rings is 1. The molecule has 0 bridgehead atoms. The average Bonchev–Trinajstić information content (AvgIpc) is 4.03. The lowest BCUT2D eigenvalue weighted by atomic mass is 9.85. The van der Waals surface area contributed by atoms with E-state index >= 15 is 0 Å². The highest BCUT2D eigenvalue weighted by Crippen LogP contribution is 2.45. The van der Waals surface area contributed by atoms with Gasteiger partial charge >= 0.3 is 0 Å². The van der Waals surface area contributed by atoms with Gasteiger partial charge in [0.05, 0.1) is 16.3 Å². The number of rotatable bonds is 16. The number of piperidine rings is 2. The molecule has 0 aliphatic carbocycles. The van der Waals surface area contributed by atoms with Crippen molar-refractivity contribution in [1.29, 1.82) is 0 Å². The van der Waals surface area contributed by atoms with E-state index in [0.717, 1.165) is 119 Å².